The summed E-state index contributed by atoms with van der Waals surface area (Å²) in [4.78, 5) is 28.5. The van der Waals surface area contributed by atoms with Crippen molar-refractivity contribution in [3.63, 3.8) is 0 Å². The van der Waals surface area contributed by atoms with Gasteiger partial charge in [-0.05, 0) is 6.92 Å². The fraction of sp³-hybridized carbons (Fsp3) is 0.250. The van der Waals surface area contributed by atoms with Gasteiger partial charge in [0, 0.05) is 6.20 Å². The minimum absolute atomic E-state index is 0.0255. The molecule has 0 atom stereocenters. The third-order valence-corrected chi connectivity index (χ3v) is 1.54. The van der Waals surface area contributed by atoms with Crippen molar-refractivity contribution in [3.05, 3.63) is 23.3 Å². The van der Waals surface area contributed by atoms with Gasteiger partial charge in [-0.25, -0.2) is 14.8 Å². The van der Waals surface area contributed by atoms with Gasteiger partial charge in [-0.15, -0.1) is 0 Å². The molecule has 2 N–H and O–H groups in total. The third-order valence-electron chi connectivity index (χ3n) is 1.54. The minimum Gasteiger partial charge on any atom is -0.481 e. The number of aryl methyl sites for hydroxylation is 1. The molecule has 0 spiro atoms. The van der Waals surface area contributed by atoms with E-state index in [1.807, 2.05) is 0 Å². The number of carboxylic acid groups (broad SMARTS) is 2. The number of aliphatic carboxylic acids is 1. The predicted molar refractivity (Wildman–Crippen MR) is 45.1 cm³/mol. The van der Waals surface area contributed by atoms with E-state index in [-0.39, 0.29) is 11.3 Å². The molecule has 1 aromatic rings. The summed E-state index contributed by atoms with van der Waals surface area (Å²) in [6, 6.07) is 0. The Morgan fingerprint density at radius 2 is 2.07 bits per heavy atom. The molecule has 6 nitrogen and oxygen atoms in total. The molecule has 0 aliphatic rings. The SMILES string of the molecule is Cc1ncc(C(=O)O)c(CC(=O)O)n1. The lowest BCUT2D eigenvalue weighted by molar-refractivity contribution is -0.136. The Labute approximate surface area is 79.2 Å². The summed E-state index contributed by atoms with van der Waals surface area (Å²) in [5.74, 6) is -1.99. The summed E-state index contributed by atoms with van der Waals surface area (Å²) in [5.41, 5.74) is -0.143. The monoisotopic (exact) mass is 196 g/mol. The van der Waals surface area contributed by atoms with Crippen molar-refractivity contribution in [1.29, 1.82) is 0 Å². The zero-order valence-electron chi connectivity index (χ0n) is 7.39. The molecular formula is C8H8N2O4. The highest BCUT2D eigenvalue weighted by molar-refractivity contribution is 5.89. The van der Waals surface area contributed by atoms with Crippen LogP contribution in [-0.4, -0.2) is 32.1 Å². The van der Waals surface area contributed by atoms with Crippen LogP contribution in [0.5, 0.6) is 0 Å². The number of carboxylic acids is 2. The third kappa shape index (κ3) is 2.25. The van der Waals surface area contributed by atoms with Gasteiger partial charge in [-0.1, -0.05) is 0 Å². The van der Waals surface area contributed by atoms with Gasteiger partial charge in [0.25, 0.3) is 0 Å². The lowest BCUT2D eigenvalue weighted by atomic mass is 10.2. The highest BCUT2D eigenvalue weighted by Crippen LogP contribution is 2.06. The van der Waals surface area contributed by atoms with Gasteiger partial charge in [0.05, 0.1) is 17.7 Å². The zero-order chi connectivity index (χ0) is 10.7. The number of hydrogen-bond acceptors (Lipinski definition) is 4. The molecule has 6 heteroatoms. The molecule has 1 heterocycles. The van der Waals surface area contributed by atoms with Gasteiger partial charge in [0.2, 0.25) is 0 Å². The number of nitrogens with zero attached hydrogens (tertiary/aromatic N) is 2. The fourth-order valence-electron chi connectivity index (χ4n) is 0.974. The van der Waals surface area contributed by atoms with Crippen LogP contribution < -0.4 is 0 Å². The summed E-state index contributed by atoms with van der Waals surface area (Å²) in [7, 11) is 0. The molecule has 0 amide bonds. The highest BCUT2D eigenvalue weighted by atomic mass is 16.4. The van der Waals surface area contributed by atoms with Crippen molar-refractivity contribution in [3.8, 4) is 0 Å². The van der Waals surface area contributed by atoms with Gasteiger partial charge in [-0.3, -0.25) is 4.79 Å². The normalized spacial score (nSPS) is 9.79. The quantitative estimate of drug-likeness (QED) is 0.711. The van der Waals surface area contributed by atoms with Crippen molar-refractivity contribution < 1.29 is 19.8 Å². The molecule has 0 fully saturated rings. The molecule has 0 saturated carbocycles. The van der Waals surface area contributed by atoms with Crippen LogP contribution in [0, 0.1) is 6.92 Å². The Balaban J connectivity index is 3.15. The van der Waals surface area contributed by atoms with Gasteiger partial charge in [-0.2, -0.15) is 0 Å². The van der Waals surface area contributed by atoms with E-state index in [0.29, 0.717) is 5.82 Å². The number of rotatable bonds is 3. The maximum Gasteiger partial charge on any atom is 0.339 e. The first kappa shape index (κ1) is 10.1. The maximum atomic E-state index is 10.6. The zero-order valence-corrected chi connectivity index (χ0v) is 7.39. The second kappa shape index (κ2) is 3.82. The molecule has 0 aliphatic carbocycles. The highest BCUT2D eigenvalue weighted by Gasteiger charge is 2.14. The van der Waals surface area contributed by atoms with E-state index in [4.69, 9.17) is 10.2 Å². The minimum atomic E-state index is -1.22. The molecular weight excluding hydrogens is 188 g/mol. The maximum absolute atomic E-state index is 10.6. The standard InChI is InChI=1S/C8H8N2O4/c1-4-9-3-5(8(13)14)6(10-4)2-7(11)12/h3H,2H2,1H3,(H,11,12)(H,13,14). The van der Waals surface area contributed by atoms with E-state index in [1.54, 1.807) is 6.92 Å². The first-order valence-corrected chi connectivity index (χ1v) is 3.78. The van der Waals surface area contributed by atoms with Crippen LogP contribution in [0.15, 0.2) is 6.20 Å². The molecule has 1 aromatic heterocycles. The molecule has 0 saturated heterocycles. The summed E-state index contributed by atoms with van der Waals surface area (Å²) in [6.45, 7) is 1.57. The Hall–Kier alpha value is -1.98. The first-order valence-electron chi connectivity index (χ1n) is 3.78. The Morgan fingerprint density at radius 1 is 1.43 bits per heavy atom. The smallest absolute Gasteiger partial charge is 0.339 e. The second-order valence-electron chi connectivity index (χ2n) is 2.65. The van der Waals surface area contributed by atoms with Crippen LogP contribution in [0.3, 0.4) is 0 Å². The largest absolute Gasteiger partial charge is 0.481 e. The molecule has 0 unspecified atom stereocenters. The molecule has 74 valence electrons. The van der Waals surface area contributed by atoms with Crippen molar-refractivity contribution in [2.24, 2.45) is 0 Å². The molecule has 1 rings (SSSR count). The summed E-state index contributed by atoms with van der Waals surface area (Å²) in [5, 5.41) is 17.2. The molecule has 14 heavy (non-hydrogen) atoms. The lowest BCUT2D eigenvalue weighted by Gasteiger charge is -2.02. The summed E-state index contributed by atoms with van der Waals surface area (Å²) < 4.78 is 0. The van der Waals surface area contributed by atoms with Gasteiger partial charge in [0.15, 0.2) is 0 Å². The second-order valence-corrected chi connectivity index (χ2v) is 2.65. The van der Waals surface area contributed by atoms with E-state index in [0.717, 1.165) is 6.20 Å². The Kier molecular flexibility index (Phi) is 2.76. The average Bonchev–Trinajstić information content (AvgIpc) is 2.01. The molecule has 0 radical (unpaired) electrons. The van der Waals surface area contributed by atoms with E-state index in [2.05, 4.69) is 9.97 Å². The Morgan fingerprint density at radius 3 is 2.57 bits per heavy atom. The number of carbonyl (C=O) groups is 2. The van der Waals surface area contributed by atoms with Crippen LogP contribution in [-0.2, 0) is 11.2 Å². The van der Waals surface area contributed by atoms with Crippen molar-refractivity contribution in [2.45, 2.75) is 13.3 Å². The topological polar surface area (TPSA) is 100 Å². The van der Waals surface area contributed by atoms with Crippen LogP contribution in [0.25, 0.3) is 0 Å². The van der Waals surface area contributed by atoms with Gasteiger partial charge in [0.1, 0.15) is 5.82 Å². The van der Waals surface area contributed by atoms with Crippen molar-refractivity contribution >= 4 is 11.9 Å². The van der Waals surface area contributed by atoms with Crippen molar-refractivity contribution in [1.82, 2.24) is 9.97 Å². The summed E-state index contributed by atoms with van der Waals surface area (Å²) >= 11 is 0. The van der Waals surface area contributed by atoms with Crippen LogP contribution in [0.4, 0.5) is 0 Å². The fourth-order valence-corrected chi connectivity index (χ4v) is 0.974. The lowest BCUT2D eigenvalue weighted by Crippen LogP contribution is -2.11. The van der Waals surface area contributed by atoms with E-state index in [1.165, 1.54) is 0 Å². The van der Waals surface area contributed by atoms with E-state index < -0.39 is 18.4 Å². The molecule has 0 aromatic carbocycles. The Bertz CT molecular complexity index is 389. The number of aromatic carboxylic acids is 1. The average molecular weight is 196 g/mol. The van der Waals surface area contributed by atoms with E-state index in [9.17, 15) is 9.59 Å². The number of hydrogen-bond donors (Lipinski definition) is 2. The molecule has 0 aliphatic heterocycles. The van der Waals surface area contributed by atoms with Crippen LogP contribution >= 0.6 is 0 Å². The van der Waals surface area contributed by atoms with Gasteiger partial charge < -0.3 is 10.2 Å². The molecule has 0 bridgehead atoms. The first-order chi connectivity index (χ1) is 6.50. The van der Waals surface area contributed by atoms with Crippen LogP contribution in [0.2, 0.25) is 0 Å². The van der Waals surface area contributed by atoms with Crippen LogP contribution in [0.1, 0.15) is 21.9 Å². The van der Waals surface area contributed by atoms with Crippen molar-refractivity contribution in [2.75, 3.05) is 0 Å². The summed E-state index contributed by atoms with van der Waals surface area (Å²) in [6.07, 6.45) is 0.702. The number of aromatic nitrogens is 2. The van der Waals surface area contributed by atoms with Gasteiger partial charge >= 0.3 is 11.9 Å². The van der Waals surface area contributed by atoms with E-state index >= 15 is 0 Å². The predicted octanol–water partition coefficient (Wildman–Crippen LogP) is 0.110.